The topological polar surface area (TPSA) is 84.5 Å². The first-order chi connectivity index (χ1) is 13.4. The maximum absolute atomic E-state index is 12.1. The van der Waals surface area contributed by atoms with Crippen LogP contribution in [-0.2, 0) is 19.1 Å². The Morgan fingerprint density at radius 2 is 1.86 bits per heavy atom. The van der Waals surface area contributed by atoms with E-state index in [1.54, 1.807) is 0 Å². The first-order valence-electron chi connectivity index (χ1n) is 9.04. The van der Waals surface area contributed by atoms with Crippen LogP contribution in [0.3, 0.4) is 0 Å². The van der Waals surface area contributed by atoms with Gasteiger partial charge in [0.05, 0.1) is 17.4 Å². The van der Waals surface area contributed by atoms with Crippen LogP contribution in [0.4, 0.5) is 11.4 Å². The highest BCUT2D eigenvalue weighted by Crippen LogP contribution is 2.36. The van der Waals surface area contributed by atoms with Crippen molar-refractivity contribution < 1.29 is 19.1 Å². The molecule has 0 fully saturated rings. The number of benzene rings is 2. The van der Waals surface area contributed by atoms with Crippen molar-refractivity contribution in [3.05, 3.63) is 54.1 Å². The number of esters is 1. The number of fused-ring (bicyclic) bond motifs is 1. The molecule has 2 N–H and O–H groups in total. The number of thioether (sulfide) groups is 1. The highest BCUT2D eigenvalue weighted by Gasteiger charge is 2.29. The normalized spacial score (nSPS) is 15.5. The molecule has 0 bridgehead atoms. The van der Waals surface area contributed by atoms with Gasteiger partial charge in [0.25, 0.3) is 5.91 Å². The minimum atomic E-state index is -0.586. The summed E-state index contributed by atoms with van der Waals surface area (Å²) >= 11 is 1.32. The number of amides is 2. The Morgan fingerprint density at radius 1 is 1.14 bits per heavy atom. The summed E-state index contributed by atoms with van der Waals surface area (Å²) in [6.07, 6.45) is -0.0960. The molecule has 28 heavy (non-hydrogen) atoms. The van der Waals surface area contributed by atoms with Gasteiger partial charge in [-0.1, -0.05) is 38.1 Å². The molecule has 0 radical (unpaired) electrons. The molecule has 1 heterocycles. The second-order valence-electron chi connectivity index (χ2n) is 6.78. The van der Waals surface area contributed by atoms with Crippen LogP contribution in [0, 0.1) is 0 Å². The van der Waals surface area contributed by atoms with Gasteiger partial charge < -0.3 is 15.4 Å². The lowest BCUT2D eigenvalue weighted by molar-refractivity contribution is -0.147. The van der Waals surface area contributed by atoms with Gasteiger partial charge in [0.15, 0.2) is 6.61 Å². The van der Waals surface area contributed by atoms with Crippen molar-refractivity contribution in [2.45, 2.75) is 36.3 Å². The van der Waals surface area contributed by atoms with Crippen molar-refractivity contribution in [1.82, 2.24) is 0 Å². The van der Waals surface area contributed by atoms with Crippen molar-refractivity contribution in [2.75, 3.05) is 17.2 Å². The van der Waals surface area contributed by atoms with Gasteiger partial charge in [-0.2, -0.15) is 0 Å². The van der Waals surface area contributed by atoms with Crippen LogP contribution in [0.1, 0.15) is 31.7 Å². The van der Waals surface area contributed by atoms with Crippen LogP contribution >= 0.6 is 11.8 Å². The van der Waals surface area contributed by atoms with Gasteiger partial charge in [0.1, 0.15) is 0 Å². The van der Waals surface area contributed by atoms with Crippen LogP contribution in [0.5, 0.6) is 0 Å². The highest BCUT2D eigenvalue weighted by atomic mass is 32.2. The van der Waals surface area contributed by atoms with E-state index >= 15 is 0 Å². The number of anilines is 2. The van der Waals surface area contributed by atoms with Crippen LogP contribution in [-0.4, -0.2) is 29.6 Å². The molecule has 0 aliphatic carbocycles. The predicted octanol–water partition coefficient (Wildman–Crippen LogP) is 3.79. The number of nitrogens with one attached hydrogen (secondary N) is 2. The zero-order chi connectivity index (χ0) is 20.1. The molecule has 6 nitrogen and oxygen atoms in total. The van der Waals surface area contributed by atoms with Gasteiger partial charge in [-0.05, 0) is 35.7 Å². The quantitative estimate of drug-likeness (QED) is 0.723. The number of ether oxygens (including phenoxy) is 1. The van der Waals surface area contributed by atoms with Crippen molar-refractivity contribution >= 4 is 40.9 Å². The summed E-state index contributed by atoms with van der Waals surface area (Å²) < 4.78 is 5.03. The summed E-state index contributed by atoms with van der Waals surface area (Å²) in [5.41, 5.74) is 2.56. The summed E-state index contributed by atoms with van der Waals surface area (Å²) in [6.45, 7) is 3.80. The van der Waals surface area contributed by atoms with E-state index in [0.29, 0.717) is 11.6 Å². The van der Waals surface area contributed by atoms with E-state index in [0.717, 1.165) is 10.6 Å². The van der Waals surface area contributed by atoms with Crippen molar-refractivity contribution in [2.24, 2.45) is 0 Å². The van der Waals surface area contributed by atoms with Gasteiger partial charge in [-0.15, -0.1) is 11.8 Å². The Balaban J connectivity index is 1.46. The number of rotatable bonds is 6. The number of hydrogen-bond acceptors (Lipinski definition) is 5. The summed E-state index contributed by atoms with van der Waals surface area (Å²) in [7, 11) is 0. The molecule has 1 aliphatic heterocycles. The molecular weight excluding hydrogens is 376 g/mol. The Morgan fingerprint density at radius 3 is 2.57 bits per heavy atom. The van der Waals surface area contributed by atoms with E-state index in [2.05, 4.69) is 24.5 Å². The molecule has 2 aromatic carbocycles. The lowest BCUT2D eigenvalue weighted by Gasteiger charge is -2.23. The van der Waals surface area contributed by atoms with Gasteiger partial charge in [0.2, 0.25) is 5.91 Å². The van der Waals surface area contributed by atoms with Crippen molar-refractivity contribution in [1.29, 1.82) is 0 Å². The van der Waals surface area contributed by atoms with E-state index in [9.17, 15) is 14.4 Å². The van der Waals surface area contributed by atoms with Gasteiger partial charge >= 0.3 is 5.97 Å². The molecule has 1 atom stereocenters. The van der Waals surface area contributed by atoms with Crippen LogP contribution in [0.15, 0.2) is 53.4 Å². The van der Waals surface area contributed by atoms with Gasteiger partial charge in [0, 0.05) is 10.6 Å². The molecule has 146 valence electrons. The third-order valence-corrected chi connectivity index (χ3v) is 5.56. The largest absolute Gasteiger partial charge is 0.456 e. The Hall–Kier alpha value is -2.80. The fraction of sp³-hybridized carbons (Fsp3) is 0.286. The highest BCUT2D eigenvalue weighted by molar-refractivity contribution is 8.01. The Labute approximate surface area is 168 Å². The fourth-order valence-electron chi connectivity index (χ4n) is 2.73. The summed E-state index contributed by atoms with van der Waals surface area (Å²) in [6, 6.07) is 14.9. The number of para-hydroxylation sites is 1. The summed E-state index contributed by atoms with van der Waals surface area (Å²) in [4.78, 5) is 37.1. The smallest absolute Gasteiger partial charge is 0.307 e. The molecule has 0 aromatic heterocycles. The minimum Gasteiger partial charge on any atom is -0.456 e. The van der Waals surface area contributed by atoms with Crippen molar-refractivity contribution in [3.8, 4) is 0 Å². The summed E-state index contributed by atoms with van der Waals surface area (Å²) in [5.74, 6) is -0.836. The number of carbonyl (C=O) groups is 3. The maximum atomic E-state index is 12.1. The monoisotopic (exact) mass is 398 g/mol. The molecule has 0 saturated heterocycles. The SMILES string of the molecule is CC(C)c1ccc(NC(=O)COC(=O)CC2Sc3ccccc3NC2=O)cc1. The Kier molecular flexibility index (Phi) is 6.36. The third-order valence-electron chi connectivity index (χ3n) is 4.28. The molecule has 3 rings (SSSR count). The average Bonchev–Trinajstić information content (AvgIpc) is 2.67. The number of carbonyl (C=O) groups excluding carboxylic acids is 3. The standard InChI is InChI=1S/C21H22N2O4S/c1-13(2)14-7-9-15(10-8-14)22-19(24)12-27-20(25)11-18-21(26)23-16-5-3-4-6-17(16)28-18/h3-10,13,18H,11-12H2,1-2H3,(H,22,24)(H,23,26). The van der Waals surface area contributed by atoms with E-state index in [1.165, 1.54) is 17.3 Å². The fourth-order valence-corrected chi connectivity index (χ4v) is 3.83. The van der Waals surface area contributed by atoms with Gasteiger partial charge in [-0.25, -0.2) is 0 Å². The summed E-state index contributed by atoms with van der Waals surface area (Å²) in [5, 5.41) is 4.89. The first-order valence-corrected chi connectivity index (χ1v) is 9.92. The van der Waals surface area contributed by atoms with E-state index < -0.39 is 17.1 Å². The molecule has 2 amide bonds. The average molecular weight is 398 g/mol. The zero-order valence-electron chi connectivity index (χ0n) is 15.7. The lowest BCUT2D eigenvalue weighted by atomic mass is 10.0. The molecule has 1 aliphatic rings. The Bertz CT molecular complexity index is 880. The van der Waals surface area contributed by atoms with E-state index in [-0.39, 0.29) is 18.9 Å². The van der Waals surface area contributed by atoms with E-state index in [1.807, 2.05) is 48.5 Å². The van der Waals surface area contributed by atoms with Gasteiger partial charge in [-0.3, -0.25) is 14.4 Å². The molecular formula is C21H22N2O4S. The van der Waals surface area contributed by atoms with Crippen LogP contribution in [0.2, 0.25) is 0 Å². The number of hydrogen-bond donors (Lipinski definition) is 2. The molecule has 0 spiro atoms. The zero-order valence-corrected chi connectivity index (χ0v) is 16.5. The molecule has 7 heteroatoms. The maximum Gasteiger partial charge on any atom is 0.307 e. The first kappa shape index (κ1) is 19.9. The minimum absolute atomic E-state index is 0.0960. The lowest BCUT2D eigenvalue weighted by Crippen LogP contribution is -2.32. The van der Waals surface area contributed by atoms with Crippen LogP contribution < -0.4 is 10.6 Å². The molecule has 0 saturated carbocycles. The second-order valence-corrected chi connectivity index (χ2v) is 8.03. The molecule has 2 aromatic rings. The van der Waals surface area contributed by atoms with Crippen molar-refractivity contribution in [3.63, 3.8) is 0 Å². The predicted molar refractivity (Wildman–Crippen MR) is 109 cm³/mol. The van der Waals surface area contributed by atoms with E-state index in [4.69, 9.17) is 4.74 Å². The third kappa shape index (κ3) is 5.13. The second kappa shape index (κ2) is 8.93. The van der Waals surface area contributed by atoms with Crippen LogP contribution in [0.25, 0.3) is 0 Å². The molecule has 1 unspecified atom stereocenters.